The number of aryl methyl sites for hydroxylation is 1. The maximum absolute atomic E-state index is 5.31. The molecule has 0 aromatic heterocycles. The lowest BCUT2D eigenvalue weighted by atomic mass is 9.89. The van der Waals surface area contributed by atoms with Gasteiger partial charge in [-0.15, -0.1) is 0 Å². The molecule has 0 radical (unpaired) electrons. The molecule has 108 valence electrons. The van der Waals surface area contributed by atoms with Crippen molar-refractivity contribution in [2.45, 2.75) is 46.5 Å². The van der Waals surface area contributed by atoms with Crippen molar-refractivity contribution in [3.8, 4) is 0 Å². The summed E-state index contributed by atoms with van der Waals surface area (Å²) in [7, 11) is 0. The normalized spacial score (nSPS) is 20.8. The van der Waals surface area contributed by atoms with E-state index in [1.165, 1.54) is 29.7 Å². The van der Waals surface area contributed by atoms with E-state index in [9.17, 15) is 0 Å². The third-order valence-corrected chi connectivity index (χ3v) is 4.11. The van der Waals surface area contributed by atoms with Crippen molar-refractivity contribution in [1.29, 1.82) is 0 Å². The quantitative estimate of drug-likeness (QED) is 0.634. The molecule has 0 aliphatic heterocycles. The van der Waals surface area contributed by atoms with E-state index in [-0.39, 0.29) is 0 Å². The Morgan fingerprint density at radius 2 is 2.15 bits per heavy atom. The van der Waals surface area contributed by atoms with Gasteiger partial charge in [-0.1, -0.05) is 19.1 Å². The van der Waals surface area contributed by atoms with Crippen LogP contribution in [0.25, 0.3) is 0 Å². The molecule has 0 saturated heterocycles. The van der Waals surface area contributed by atoms with Gasteiger partial charge in [-0.25, -0.2) is 0 Å². The SMILES string of the molecule is Cc1cccc(NC(=S)N/N=C2/CCC[C@@H](C)C2)c1C. The first-order valence-corrected chi connectivity index (χ1v) is 7.65. The highest BCUT2D eigenvalue weighted by Gasteiger charge is 2.14. The molecule has 0 heterocycles. The summed E-state index contributed by atoms with van der Waals surface area (Å²) >= 11 is 5.31. The van der Waals surface area contributed by atoms with Crippen molar-refractivity contribution in [2.24, 2.45) is 11.0 Å². The van der Waals surface area contributed by atoms with Gasteiger partial charge >= 0.3 is 0 Å². The molecule has 4 heteroatoms. The highest BCUT2D eigenvalue weighted by molar-refractivity contribution is 7.80. The van der Waals surface area contributed by atoms with Crippen molar-refractivity contribution in [2.75, 3.05) is 5.32 Å². The van der Waals surface area contributed by atoms with Crippen LogP contribution < -0.4 is 10.7 Å². The predicted octanol–water partition coefficient (Wildman–Crippen LogP) is 4.16. The number of anilines is 1. The second-order valence-corrected chi connectivity index (χ2v) is 6.10. The molecule has 1 fully saturated rings. The minimum Gasteiger partial charge on any atom is -0.331 e. The first-order valence-electron chi connectivity index (χ1n) is 7.25. The average Bonchev–Trinajstić information content (AvgIpc) is 2.42. The predicted molar refractivity (Wildman–Crippen MR) is 90.3 cm³/mol. The van der Waals surface area contributed by atoms with Crippen LogP contribution in [0.1, 0.15) is 43.7 Å². The van der Waals surface area contributed by atoms with E-state index < -0.39 is 0 Å². The first kappa shape index (κ1) is 15.0. The fourth-order valence-electron chi connectivity index (χ4n) is 2.53. The standard InChI is InChI=1S/C16H23N3S/c1-11-6-4-8-14(10-11)18-19-16(20)17-15-9-5-7-12(2)13(15)3/h5,7,9,11H,4,6,8,10H2,1-3H3,(H2,17,19,20)/b18-14-/t11-/m1/s1. The second kappa shape index (κ2) is 6.84. The summed E-state index contributed by atoms with van der Waals surface area (Å²) in [6.07, 6.45) is 4.71. The smallest absolute Gasteiger partial charge is 0.191 e. The molecule has 1 aromatic rings. The molecule has 0 amide bonds. The van der Waals surface area contributed by atoms with Gasteiger partial charge in [0.1, 0.15) is 0 Å². The van der Waals surface area contributed by atoms with Gasteiger partial charge in [0.2, 0.25) is 0 Å². The molecule has 0 spiro atoms. The average molecular weight is 289 g/mol. The Kier molecular flexibility index (Phi) is 5.12. The van der Waals surface area contributed by atoms with Crippen molar-refractivity contribution in [1.82, 2.24) is 5.43 Å². The number of nitrogens with zero attached hydrogens (tertiary/aromatic N) is 1. The second-order valence-electron chi connectivity index (χ2n) is 5.69. The molecular weight excluding hydrogens is 266 g/mol. The zero-order chi connectivity index (χ0) is 14.5. The maximum atomic E-state index is 5.31. The Morgan fingerprint density at radius 3 is 2.90 bits per heavy atom. The van der Waals surface area contributed by atoms with Crippen LogP contribution in [0.2, 0.25) is 0 Å². The molecule has 3 nitrogen and oxygen atoms in total. The summed E-state index contributed by atoms with van der Waals surface area (Å²) in [6, 6.07) is 6.16. The number of benzene rings is 1. The number of hydrazone groups is 1. The van der Waals surface area contributed by atoms with E-state index in [4.69, 9.17) is 12.2 Å². The van der Waals surface area contributed by atoms with E-state index >= 15 is 0 Å². The van der Waals surface area contributed by atoms with Crippen LogP contribution >= 0.6 is 12.2 Å². The Hall–Kier alpha value is -1.42. The number of thiocarbonyl (C=S) groups is 1. The molecule has 0 bridgehead atoms. The number of hydrogen-bond donors (Lipinski definition) is 2. The molecule has 1 saturated carbocycles. The van der Waals surface area contributed by atoms with Gasteiger partial charge in [0.05, 0.1) is 0 Å². The monoisotopic (exact) mass is 289 g/mol. The van der Waals surface area contributed by atoms with Gasteiger partial charge in [0.15, 0.2) is 5.11 Å². The fraction of sp³-hybridized carbons (Fsp3) is 0.500. The van der Waals surface area contributed by atoms with E-state index in [1.807, 2.05) is 12.1 Å². The number of nitrogens with one attached hydrogen (secondary N) is 2. The molecule has 0 unspecified atom stereocenters. The molecule has 2 rings (SSSR count). The van der Waals surface area contributed by atoms with Crippen molar-refractivity contribution < 1.29 is 0 Å². The van der Waals surface area contributed by atoms with Crippen LogP contribution in [0.3, 0.4) is 0 Å². The zero-order valence-electron chi connectivity index (χ0n) is 12.5. The number of hydrogen-bond acceptors (Lipinski definition) is 2. The van der Waals surface area contributed by atoms with Crippen LogP contribution in [-0.4, -0.2) is 10.8 Å². The lowest BCUT2D eigenvalue weighted by Crippen LogP contribution is -2.26. The molecule has 1 aromatic carbocycles. The molecule has 1 aliphatic rings. The van der Waals surface area contributed by atoms with Crippen LogP contribution in [0.4, 0.5) is 5.69 Å². The third kappa shape index (κ3) is 4.04. The lowest BCUT2D eigenvalue weighted by Gasteiger charge is -2.19. The Bertz CT molecular complexity index is 522. The molecule has 1 aliphatic carbocycles. The van der Waals surface area contributed by atoms with Crippen LogP contribution in [-0.2, 0) is 0 Å². The van der Waals surface area contributed by atoms with Gasteiger partial charge < -0.3 is 5.32 Å². The minimum absolute atomic E-state index is 0.560. The number of rotatable bonds is 2. The largest absolute Gasteiger partial charge is 0.331 e. The lowest BCUT2D eigenvalue weighted by molar-refractivity contribution is 0.498. The van der Waals surface area contributed by atoms with Gasteiger partial charge in [-0.2, -0.15) is 5.10 Å². The van der Waals surface area contributed by atoms with E-state index in [2.05, 4.69) is 42.7 Å². The third-order valence-electron chi connectivity index (χ3n) is 3.91. The highest BCUT2D eigenvalue weighted by Crippen LogP contribution is 2.21. The van der Waals surface area contributed by atoms with E-state index in [0.29, 0.717) is 5.11 Å². The molecular formula is C16H23N3S. The van der Waals surface area contributed by atoms with Gasteiger partial charge in [0.25, 0.3) is 0 Å². The molecule has 1 atom stereocenters. The van der Waals surface area contributed by atoms with Gasteiger partial charge in [-0.3, -0.25) is 5.43 Å². The van der Waals surface area contributed by atoms with Gasteiger partial charge in [-0.05, 0) is 74.9 Å². The van der Waals surface area contributed by atoms with Crippen LogP contribution in [0, 0.1) is 19.8 Å². The molecule has 2 N–H and O–H groups in total. The topological polar surface area (TPSA) is 36.4 Å². The fourth-order valence-corrected chi connectivity index (χ4v) is 2.68. The summed E-state index contributed by atoms with van der Waals surface area (Å²) in [5, 5.41) is 8.22. The molecule has 20 heavy (non-hydrogen) atoms. The van der Waals surface area contributed by atoms with E-state index in [1.54, 1.807) is 0 Å². The zero-order valence-corrected chi connectivity index (χ0v) is 13.3. The maximum Gasteiger partial charge on any atom is 0.191 e. The first-order chi connectivity index (χ1) is 9.56. The van der Waals surface area contributed by atoms with Crippen molar-refractivity contribution in [3.63, 3.8) is 0 Å². The minimum atomic E-state index is 0.560. The Morgan fingerprint density at radius 1 is 1.35 bits per heavy atom. The summed E-state index contributed by atoms with van der Waals surface area (Å²) < 4.78 is 0. The van der Waals surface area contributed by atoms with Crippen LogP contribution in [0.15, 0.2) is 23.3 Å². The Balaban J connectivity index is 1.92. The summed E-state index contributed by atoms with van der Waals surface area (Å²) in [5.74, 6) is 0.741. The summed E-state index contributed by atoms with van der Waals surface area (Å²) in [5.41, 5.74) is 7.72. The van der Waals surface area contributed by atoms with E-state index in [0.717, 1.165) is 24.4 Å². The summed E-state index contributed by atoms with van der Waals surface area (Å²) in [4.78, 5) is 0. The Labute approximate surface area is 126 Å². The highest BCUT2D eigenvalue weighted by atomic mass is 32.1. The van der Waals surface area contributed by atoms with Crippen LogP contribution in [0.5, 0.6) is 0 Å². The van der Waals surface area contributed by atoms with Gasteiger partial charge in [0, 0.05) is 11.4 Å². The van der Waals surface area contributed by atoms with Crippen molar-refractivity contribution in [3.05, 3.63) is 29.3 Å². The van der Waals surface area contributed by atoms with Crippen molar-refractivity contribution >= 4 is 28.7 Å². The summed E-state index contributed by atoms with van der Waals surface area (Å²) in [6.45, 7) is 6.47.